The number of hydrogen-bond acceptors (Lipinski definition) is 4. The van der Waals surface area contributed by atoms with E-state index in [1.807, 2.05) is 27.7 Å². The summed E-state index contributed by atoms with van der Waals surface area (Å²) >= 11 is 11.7. The fraction of sp³-hybridized carbons (Fsp3) is 0.538. The molecule has 2 rings (SSSR count). The lowest BCUT2D eigenvalue weighted by Crippen LogP contribution is -2.24. The van der Waals surface area contributed by atoms with Gasteiger partial charge in [-0.1, -0.05) is 43.5 Å². The van der Waals surface area contributed by atoms with Crippen molar-refractivity contribution in [3.63, 3.8) is 0 Å². The van der Waals surface area contributed by atoms with E-state index in [4.69, 9.17) is 21.1 Å². The number of hydrogen-bond donors (Lipinski definition) is 1. The van der Waals surface area contributed by atoms with Crippen LogP contribution in [0.2, 0.25) is 0 Å². The predicted molar refractivity (Wildman–Crippen MR) is 146 cm³/mol. The second-order valence-electron chi connectivity index (χ2n) is 8.59. The van der Waals surface area contributed by atoms with Gasteiger partial charge in [-0.2, -0.15) is 0 Å². The van der Waals surface area contributed by atoms with Gasteiger partial charge < -0.3 is 19.3 Å². The first-order chi connectivity index (χ1) is 16.1. The summed E-state index contributed by atoms with van der Waals surface area (Å²) in [5.74, 6) is -0.485. The number of ether oxygens (including phenoxy) is 3. The molecule has 9 heteroatoms. The van der Waals surface area contributed by atoms with Crippen molar-refractivity contribution in [3.05, 3.63) is 67.1 Å². The van der Waals surface area contributed by atoms with Gasteiger partial charge in [0, 0.05) is 22.2 Å². The van der Waals surface area contributed by atoms with E-state index in [0.717, 1.165) is 5.56 Å². The van der Waals surface area contributed by atoms with Gasteiger partial charge in [0.2, 0.25) is 0 Å². The predicted octanol–water partition coefficient (Wildman–Crippen LogP) is 8.49. The fourth-order valence-electron chi connectivity index (χ4n) is 2.67. The Bertz CT molecular complexity index is 917. The molecule has 0 amide bonds. The molecular weight excluding hydrogens is 610 g/mol. The van der Waals surface area contributed by atoms with Crippen LogP contribution in [0.4, 0.5) is 8.78 Å². The molecule has 0 aliphatic heterocycles. The van der Waals surface area contributed by atoms with Crippen molar-refractivity contribution in [2.45, 2.75) is 66.6 Å². The van der Waals surface area contributed by atoms with Crippen molar-refractivity contribution in [1.29, 1.82) is 0 Å². The minimum Gasteiger partial charge on any atom is -0.386 e. The first-order valence-electron chi connectivity index (χ1n) is 11.1. The monoisotopic (exact) mass is 644 g/mol. The quantitative estimate of drug-likeness (QED) is 0.178. The summed E-state index contributed by atoms with van der Waals surface area (Å²) in [5, 5.41) is 9.73. The lowest BCUT2D eigenvalue weighted by molar-refractivity contribution is -0.129. The average molecular weight is 647 g/mol. The molecule has 2 aromatic rings. The van der Waals surface area contributed by atoms with E-state index >= 15 is 0 Å². The molecule has 200 valence electrons. The molecule has 0 radical (unpaired) electrons. The SMILES string of the molecule is CCOCCl.CCOCOC(C)(C)c1cc(C)c(F)cc1Br.Cc1cc(C(C)(C)O)c(Br)cc1F. The van der Waals surface area contributed by atoms with Crippen molar-refractivity contribution in [1.82, 2.24) is 0 Å². The van der Waals surface area contributed by atoms with Gasteiger partial charge in [-0.15, -0.1) is 0 Å². The van der Waals surface area contributed by atoms with Crippen LogP contribution in [0.3, 0.4) is 0 Å². The van der Waals surface area contributed by atoms with E-state index in [-0.39, 0.29) is 18.4 Å². The summed E-state index contributed by atoms with van der Waals surface area (Å²) in [6.45, 7) is 16.0. The van der Waals surface area contributed by atoms with Crippen LogP contribution in [0.15, 0.2) is 33.2 Å². The van der Waals surface area contributed by atoms with E-state index in [1.54, 1.807) is 39.8 Å². The Morgan fingerprint density at radius 1 is 0.829 bits per heavy atom. The van der Waals surface area contributed by atoms with Gasteiger partial charge in [0.05, 0.1) is 11.2 Å². The zero-order valence-electron chi connectivity index (χ0n) is 21.7. The second-order valence-corrected chi connectivity index (χ2v) is 10.5. The highest BCUT2D eigenvalue weighted by molar-refractivity contribution is 9.10. The summed E-state index contributed by atoms with van der Waals surface area (Å²) in [6, 6.07) is 6.61. The zero-order valence-corrected chi connectivity index (χ0v) is 25.6. The largest absolute Gasteiger partial charge is 0.386 e. The maximum atomic E-state index is 13.4. The summed E-state index contributed by atoms with van der Waals surface area (Å²) in [5.41, 5.74) is 1.29. The van der Waals surface area contributed by atoms with Gasteiger partial charge in [-0.05, 0) is 102 Å². The highest BCUT2D eigenvalue weighted by Crippen LogP contribution is 2.33. The van der Waals surface area contributed by atoms with E-state index in [9.17, 15) is 13.9 Å². The van der Waals surface area contributed by atoms with Crippen molar-refractivity contribution in [3.8, 4) is 0 Å². The number of benzene rings is 2. The summed E-state index contributed by atoms with van der Waals surface area (Å²) < 4.78 is 43.1. The van der Waals surface area contributed by atoms with Crippen LogP contribution in [-0.2, 0) is 25.4 Å². The summed E-state index contributed by atoms with van der Waals surface area (Å²) in [6.07, 6.45) is 0. The topological polar surface area (TPSA) is 47.9 Å². The Labute approximate surface area is 230 Å². The van der Waals surface area contributed by atoms with Crippen molar-refractivity contribution in [2.24, 2.45) is 0 Å². The molecule has 1 N–H and O–H groups in total. The van der Waals surface area contributed by atoms with Gasteiger partial charge in [0.25, 0.3) is 0 Å². The molecule has 35 heavy (non-hydrogen) atoms. The van der Waals surface area contributed by atoms with E-state index < -0.39 is 11.2 Å². The molecule has 0 bridgehead atoms. The Balaban J connectivity index is 0.000000567. The Kier molecular flexibility index (Phi) is 16.0. The molecule has 0 aromatic heterocycles. The second kappa shape index (κ2) is 16.3. The highest BCUT2D eigenvalue weighted by atomic mass is 79.9. The molecule has 2 aromatic carbocycles. The van der Waals surface area contributed by atoms with Crippen LogP contribution in [0.25, 0.3) is 0 Å². The normalized spacial score (nSPS) is 11.4. The number of aliphatic hydroxyl groups is 1. The number of halogens is 5. The Morgan fingerprint density at radius 2 is 1.26 bits per heavy atom. The van der Waals surface area contributed by atoms with Crippen LogP contribution < -0.4 is 0 Å². The molecule has 0 aliphatic carbocycles. The van der Waals surface area contributed by atoms with Crippen molar-refractivity contribution in [2.75, 3.05) is 26.1 Å². The third kappa shape index (κ3) is 12.5. The molecule has 0 heterocycles. The maximum absolute atomic E-state index is 13.4. The minimum absolute atomic E-state index is 0.221. The smallest absolute Gasteiger partial charge is 0.147 e. The summed E-state index contributed by atoms with van der Waals surface area (Å²) in [4.78, 5) is 0. The van der Waals surface area contributed by atoms with Gasteiger partial charge in [0.15, 0.2) is 0 Å². The molecule has 0 aliphatic rings. The molecule has 0 fully saturated rings. The van der Waals surface area contributed by atoms with Crippen LogP contribution in [-0.4, -0.2) is 31.2 Å². The lowest BCUT2D eigenvalue weighted by Gasteiger charge is -2.27. The van der Waals surface area contributed by atoms with Gasteiger partial charge in [-0.25, -0.2) is 8.78 Å². The standard InChI is InChI=1S/C13H18BrFO2.C10H12BrFO.C3H7ClO/c1-5-16-8-17-13(3,4)10-6-9(2)12(15)7-11(10)14;1-6-4-7(10(2,3)13)8(11)5-9(6)12;1-2-5-3-4/h6-7H,5,8H2,1-4H3;4-5,13H,1-3H3;2-3H2,1H3. The average Bonchev–Trinajstić information content (AvgIpc) is 2.74. The summed E-state index contributed by atoms with van der Waals surface area (Å²) in [7, 11) is 0. The Hall–Kier alpha value is -0.610. The molecule has 0 unspecified atom stereocenters. The minimum atomic E-state index is -0.947. The number of alkyl halides is 1. The lowest BCUT2D eigenvalue weighted by atomic mass is 9.96. The number of rotatable bonds is 8. The van der Waals surface area contributed by atoms with E-state index in [1.165, 1.54) is 12.1 Å². The molecule has 4 nitrogen and oxygen atoms in total. The van der Waals surface area contributed by atoms with Gasteiger partial charge in [-0.3, -0.25) is 0 Å². The fourth-order valence-corrected chi connectivity index (χ4v) is 4.42. The van der Waals surface area contributed by atoms with E-state index in [2.05, 4.69) is 36.6 Å². The molecule has 0 spiro atoms. The van der Waals surface area contributed by atoms with Gasteiger partial charge >= 0.3 is 0 Å². The van der Waals surface area contributed by atoms with Crippen LogP contribution in [0.5, 0.6) is 0 Å². The molecular formula is C26H37Br2ClF2O4. The molecule has 0 saturated heterocycles. The zero-order chi connectivity index (χ0) is 27.4. The van der Waals surface area contributed by atoms with Crippen molar-refractivity contribution >= 4 is 43.5 Å². The van der Waals surface area contributed by atoms with Gasteiger partial charge in [0.1, 0.15) is 24.5 Å². The first-order valence-corrected chi connectivity index (χ1v) is 13.2. The van der Waals surface area contributed by atoms with Crippen LogP contribution >= 0.6 is 43.5 Å². The van der Waals surface area contributed by atoms with Crippen LogP contribution in [0.1, 0.15) is 63.8 Å². The van der Waals surface area contributed by atoms with Crippen LogP contribution in [0, 0.1) is 25.5 Å². The van der Waals surface area contributed by atoms with E-state index in [0.29, 0.717) is 44.9 Å². The third-order valence-corrected chi connectivity index (χ3v) is 6.26. The third-order valence-electron chi connectivity index (χ3n) is 4.79. The Morgan fingerprint density at radius 3 is 1.63 bits per heavy atom. The number of aryl methyl sites for hydroxylation is 2. The molecule has 0 atom stereocenters. The highest BCUT2D eigenvalue weighted by Gasteiger charge is 2.25. The van der Waals surface area contributed by atoms with Crippen molar-refractivity contribution < 1.29 is 28.1 Å². The maximum Gasteiger partial charge on any atom is 0.147 e. The molecule has 0 saturated carbocycles. The first kappa shape index (κ1) is 34.4.